The third-order valence-corrected chi connectivity index (χ3v) is 5.72. The van der Waals surface area contributed by atoms with Crippen molar-refractivity contribution in [3.63, 3.8) is 0 Å². The van der Waals surface area contributed by atoms with Crippen LogP contribution in [0.25, 0.3) is 10.9 Å². The fourth-order valence-electron chi connectivity index (χ4n) is 2.99. The molecule has 0 fully saturated rings. The third-order valence-electron chi connectivity index (χ3n) is 4.36. The first kappa shape index (κ1) is 17.4. The van der Waals surface area contributed by atoms with Crippen LogP contribution in [0.1, 0.15) is 49.9 Å². The quantitative estimate of drug-likeness (QED) is 0.515. The second-order valence-corrected chi connectivity index (χ2v) is 7.10. The number of aromatic nitrogens is 1. The number of ether oxygens (including phenoxy) is 1. The zero-order chi connectivity index (χ0) is 18.0. The molecule has 5 heteroatoms. The second kappa shape index (κ2) is 7.23. The number of hydrogen-bond donors (Lipinski definition) is 1. The number of H-pyrrole nitrogens is 1. The molecule has 0 amide bonds. The number of nitrogens with one attached hydrogen (secondary N) is 1. The lowest BCUT2D eigenvalue weighted by Crippen LogP contribution is -2.13. The summed E-state index contributed by atoms with van der Waals surface area (Å²) in [4.78, 5) is 29.6. The van der Waals surface area contributed by atoms with Gasteiger partial charge in [0, 0.05) is 27.5 Å². The van der Waals surface area contributed by atoms with Gasteiger partial charge in [-0.05, 0) is 37.0 Å². The van der Waals surface area contributed by atoms with Gasteiger partial charge >= 0.3 is 5.97 Å². The number of thiophene rings is 1. The van der Waals surface area contributed by atoms with Crippen molar-refractivity contribution in [1.29, 1.82) is 0 Å². The maximum Gasteiger partial charge on any atom is 0.348 e. The number of Topliss-reactive ketones (excluding diaryl/α,β-unsaturated/α-hetero) is 1. The van der Waals surface area contributed by atoms with Gasteiger partial charge in [-0.3, -0.25) is 4.79 Å². The van der Waals surface area contributed by atoms with Gasteiger partial charge in [-0.25, -0.2) is 4.79 Å². The Morgan fingerprint density at radius 2 is 2.00 bits per heavy atom. The van der Waals surface area contributed by atoms with Crippen molar-refractivity contribution in [1.82, 2.24) is 4.98 Å². The summed E-state index contributed by atoms with van der Waals surface area (Å²) in [5.74, 6) is -0.632. The number of carbonyl (C=O) groups is 2. The first-order valence-corrected chi connectivity index (χ1v) is 9.25. The lowest BCUT2D eigenvalue weighted by molar-refractivity contribution is 0.0480. The molecule has 0 radical (unpaired) electrons. The lowest BCUT2D eigenvalue weighted by Gasteiger charge is -2.03. The molecule has 0 spiro atoms. The summed E-state index contributed by atoms with van der Waals surface area (Å²) in [5.41, 5.74) is 3.79. The molecule has 4 nitrogen and oxygen atoms in total. The Labute approximate surface area is 150 Å². The van der Waals surface area contributed by atoms with Crippen LogP contribution in [0.2, 0.25) is 0 Å². The minimum Gasteiger partial charge on any atom is -0.453 e. The molecule has 130 valence electrons. The highest BCUT2D eigenvalue weighted by Gasteiger charge is 2.18. The fraction of sp³-hybridized carbons (Fsp3) is 0.300. The van der Waals surface area contributed by atoms with E-state index in [1.54, 1.807) is 6.20 Å². The second-order valence-electron chi connectivity index (χ2n) is 5.97. The largest absolute Gasteiger partial charge is 0.453 e. The van der Waals surface area contributed by atoms with E-state index in [2.05, 4.69) is 18.8 Å². The molecule has 1 aromatic carbocycles. The third kappa shape index (κ3) is 3.37. The number of benzene rings is 1. The van der Waals surface area contributed by atoms with E-state index in [1.165, 1.54) is 16.2 Å². The van der Waals surface area contributed by atoms with Crippen LogP contribution in [0, 0.1) is 6.92 Å². The maximum absolute atomic E-state index is 12.5. The van der Waals surface area contributed by atoms with E-state index in [-0.39, 0.29) is 12.4 Å². The van der Waals surface area contributed by atoms with E-state index >= 15 is 0 Å². The van der Waals surface area contributed by atoms with Crippen LogP contribution in [-0.4, -0.2) is 23.3 Å². The van der Waals surface area contributed by atoms with Crippen LogP contribution < -0.4 is 0 Å². The predicted octanol–water partition coefficient (Wildman–Crippen LogP) is 4.70. The van der Waals surface area contributed by atoms with Crippen LogP contribution in [0.15, 0.2) is 30.5 Å². The molecule has 0 saturated carbocycles. The van der Waals surface area contributed by atoms with E-state index < -0.39 is 5.97 Å². The Kier molecular flexibility index (Phi) is 5.04. The Morgan fingerprint density at radius 3 is 2.68 bits per heavy atom. The first-order valence-electron chi connectivity index (χ1n) is 8.43. The zero-order valence-corrected chi connectivity index (χ0v) is 15.5. The van der Waals surface area contributed by atoms with Crippen molar-refractivity contribution < 1.29 is 14.3 Å². The van der Waals surface area contributed by atoms with Crippen LogP contribution in [-0.2, 0) is 17.6 Å². The average molecular weight is 355 g/mol. The predicted molar refractivity (Wildman–Crippen MR) is 101 cm³/mol. The van der Waals surface area contributed by atoms with E-state index in [0.717, 1.165) is 34.9 Å². The zero-order valence-electron chi connectivity index (χ0n) is 14.6. The van der Waals surface area contributed by atoms with E-state index in [4.69, 9.17) is 4.74 Å². The number of aryl methyl sites for hydroxylation is 3. The minimum absolute atomic E-state index is 0.197. The van der Waals surface area contributed by atoms with Gasteiger partial charge in [-0.2, -0.15) is 0 Å². The monoisotopic (exact) mass is 355 g/mol. The Bertz CT molecular complexity index is 936. The van der Waals surface area contributed by atoms with Gasteiger partial charge in [-0.15, -0.1) is 11.3 Å². The molecular formula is C20H21NO3S. The Balaban J connectivity index is 1.73. The van der Waals surface area contributed by atoms with Crippen LogP contribution >= 0.6 is 11.3 Å². The van der Waals surface area contributed by atoms with E-state index in [0.29, 0.717) is 10.4 Å². The van der Waals surface area contributed by atoms with Crippen molar-refractivity contribution in [3.8, 4) is 0 Å². The van der Waals surface area contributed by atoms with Crippen molar-refractivity contribution in [3.05, 3.63) is 56.9 Å². The lowest BCUT2D eigenvalue weighted by atomic mass is 10.1. The van der Waals surface area contributed by atoms with Crippen LogP contribution in [0.3, 0.4) is 0 Å². The average Bonchev–Trinajstić information content (AvgIpc) is 3.22. The first-order chi connectivity index (χ1) is 12.0. The summed E-state index contributed by atoms with van der Waals surface area (Å²) in [6.45, 7) is 5.86. The van der Waals surface area contributed by atoms with E-state index in [1.807, 2.05) is 31.2 Å². The molecule has 2 aromatic heterocycles. The van der Waals surface area contributed by atoms with Gasteiger partial charge in [0.2, 0.25) is 5.78 Å². The Morgan fingerprint density at radius 1 is 1.20 bits per heavy atom. The Hall–Kier alpha value is -2.40. The highest BCUT2D eigenvalue weighted by Crippen LogP contribution is 2.24. The highest BCUT2D eigenvalue weighted by molar-refractivity contribution is 7.14. The molecule has 0 bridgehead atoms. The molecule has 1 N–H and O–H groups in total. The highest BCUT2D eigenvalue weighted by atomic mass is 32.1. The molecule has 0 atom stereocenters. The molecule has 25 heavy (non-hydrogen) atoms. The number of aromatic amines is 1. The van der Waals surface area contributed by atoms with Gasteiger partial charge in [0.1, 0.15) is 4.88 Å². The van der Waals surface area contributed by atoms with Gasteiger partial charge < -0.3 is 9.72 Å². The molecule has 0 aliphatic heterocycles. The maximum atomic E-state index is 12.5. The summed E-state index contributed by atoms with van der Waals surface area (Å²) in [5, 5.41) is 0.876. The smallest absolute Gasteiger partial charge is 0.348 e. The molecule has 0 aliphatic carbocycles. The SMILES string of the molecule is CCc1sc(C(=O)OCC(=O)c2c[nH]c3c(CC)cccc23)cc1C. The van der Waals surface area contributed by atoms with Crippen molar-refractivity contribution >= 4 is 34.0 Å². The molecule has 0 aliphatic rings. The van der Waals surface area contributed by atoms with E-state index in [9.17, 15) is 9.59 Å². The van der Waals surface area contributed by atoms with Crippen LogP contribution in [0.5, 0.6) is 0 Å². The summed E-state index contributed by atoms with van der Waals surface area (Å²) in [6, 6.07) is 7.72. The van der Waals surface area contributed by atoms with Gasteiger partial charge in [0.05, 0.1) is 0 Å². The standard InChI is InChI=1S/C20H21NO3S/c1-4-13-7-6-8-14-15(10-21-19(13)14)16(22)11-24-20(23)18-9-12(3)17(5-2)25-18/h6-10,21H,4-5,11H2,1-3H3. The number of fused-ring (bicyclic) bond motifs is 1. The van der Waals surface area contributed by atoms with Gasteiger partial charge in [-0.1, -0.05) is 32.0 Å². The number of para-hydroxylation sites is 1. The summed E-state index contributed by atoms with van der Waals surface area (Å²) in [6.07, 6.45) is 3.47. The molecule has 3 aromatic rings. The summed E-state index contributed by atoms with van der Waals surface area (Å²) < 4.78 is 5.24. The summed E-state index contributed by atoms with van der Waals surface area (Å²) in [7, 11) is 0. The minimum atomic E-state index is -0.435. The van der Waals surface area contributed by atoms with Crippen molar-refractivity contribution in [2.75, 3.05) is 6.61 Å². The summed E-state index contributed by atoms with van der Waals surface area (Å²) >= 11 is 1.43. The molecule has 2 heterocycles. The van der Waals surface area contributed by atoms with Gasteiger partial charge in [0.15, 0.2) is 6.61 Å². The number of carbonyl (C=O) groups excluding carboxylic acids is 2. The van der Waals surface area contributed by atoms with Crippen molar-refractivity contribution in [2.24, 2.45) is 0 Å². The topological polar surface area (TPSA) is 59.2 Å². The normalized spacial score (nSPS) is 11.0. The van der Waals surface area contributed by atoms with Crippen LogP contribution in [0.4, 0.5) is 0 Å². The molecule has 0 unspecified atom stereocenters. The molecular weight excluding hydrogens is 334 g/mol. The van der Waals surface area contributed by atoms with Gasteiger partial charge in [0.25, 0.3) is 0 Å². The number of hydrogen-bond acceptors (Lipinski definition) is 4. The molecule has 0 saturated heterocycles. The van der Waals surface area contributed by atoms with Crippen molar-refractivity contribution in [2.45, 2.75) is 33.6 Å². The fourth-order valence-corrected chi connectivity index (χ4v) is 4.00. The number of ketones is 1. The molecule has 3 rings (SSSR count). The number of esters is 1. The number of rotatable bonds is 6.